The lowest BCUT2D eigenvalue weighted by Gasteiger charge is -2.14. The number of amides is 1. The first kappa shape index (κ1) is 18.1. The van der Waals surface area contributed by atoms with Gasteiger partial charge in [-0.15, -0.1) is 0 Å². The molecule has 8 heteroatoms. The van der Waals surface area contributed by atoms with Crippen molar-refractivity contribution >= 4 is 40.1 Å². The molecule has 0 saturated carbocycles. The summed E-state index contributed by atoms with van der Waals surface area (Å²) in [5, 5.41) is 13.2. The van der Waals surface area contributed by atoms with Crippen molar-refractivity contribution in [2.45, 2.75) is 6.10 Å². The lowest BCUT2D eigenvalue weighted by molar-refractivity contribution is 0.0843. The summed E-state index contributed by atoms with van der Waals surface area (Å²) in [6, 6.07) is 10.2. The number of rotatable bonds is 6. The molecule has 0 bridgehead atoms. The van der Waals surface area contributed by atoms with Gasteiger partial charge in [0.15, 0.2) is 11.5 Å². The number of fused-ring (bicyclic) bond motifs is 1. The molecule has 25 heavy (non-hydrogen) atoms. The Hall–Kier alpha value is -1.71. The third-order valence-electron chi connectivity index (χ3n) is 3.47. The van der Waals surface area contributed by atoms with E-state index in [1.165, 1.54) is 0 Å². The van der Waals surface area contributed by atoms with E-state index in [1.54, 1.807) is 36.4 Å². The summed E-state index contributed by atoms with van der Waals surface area (Å²) in [4.78, 5) is 12.1. The zero-order valence-corrected chi connectivity index (χ0v) is 15.9. The summed E-state index contributed by atoms with van der Waals surface area (Å²) in [5.41, 5.74) is 0.484. The molecule has 2 aromatic rings. The number of carbonyl (C=O) groups is 1. The van der Waals surface area contributed by atoms with Crippen LogP contribution in [0.5, 0.6) is 17.2 Å². The predicted octanol–water partition coefficient (Wildman–Crippen LogP) is 2.84. The Bertz CT molecular complexity index is 786. The van der Waals surface area contributed by atoms with Gasteiger partial charge < -0.3 is 24.6 Å². The first-order valence-corrected chi connectivity index (χ1v) is 8.92. The van der Waals surface area contributed by atoms with Gasteiger partial charge in [0.25, 0.3) is 5.91 Å². The summed E-state index contributed by atoms with van der Waals surface area (Å²) in [6.45, 7) is 0.303. The van der Waals surface area contributed by atoms with Crippen LogP contribution in [0.4, 0.5) is 0 Å². The number of nitrogens with one attached hydrogen (secondary N) is 1. The molecule has 1 heterocycles. The van der Waals surface area contributed by atoms with Gasteiger partial charge in [0, 0.05) is 21.7 Å². The van der Waals surface area contributed by atoms with Gasteiger partial charge >= 0.3 is 0 Å². The SMILES string of the molecule is O=C(NCC(O)COc1ccc2c(c1)OCO2)c1ccc(Cl)c(I)c1. The minimum absolute atomic E-state index is 0.0398. The monoisotopic (exact) mass is 475 g/mol. The summed E-state index contributed by atoms with van der Waals surface area (Å²) in [7, 11) is 0. The first-order chi connectivity index (χ1) is 12.0. The van der Waals surface area contributed by atoms with E-state index in [1.807, 2.05) is 0 Å². The van der Waals surface area contributed by atoms with E-state index in [0.717, 1.165) is 3.57 Å². The van der Waals surface area contributed by atoms with Crippen molar-refractivity contribution in [3.05, 3.63) is 50.6 Å². The van der Waals surface area contributed by atoms with Crippen LogP contribution < -0.4 is 19.5 Å². The Morgan fingerprint density at radius 1 is 1.28 bits per heavy atom. The van der Waals surface area contributed by atoms with Gasteiger partial charge in [0.1, 0.15) is 18.5 Å². The largest absolute Gasteiger partial charge is 0.491 e. The van der Waals surface area contributed by atoms with E-state index in [-0.39, 0.29) is 25.9 Å². The van der Waals surface area contributed by atoms with Gasteiger partial charge in [-0.05, 0) is 52.9 Å². The molecule has 0 radical (unpaired) electrons. The quantitative estimate of drug-likeness (QED) is 0.629. The van der Waals surface area contributed by atoms with Crippen molar-refractivity contribution in [1.82, 2.24) is 5.32 Å². The van der Waals surface area contributed by atoms with Crippen molar-refractivity contribution in [2.24, 2.45) is 0 Å². The van der Waals surface area contributed by atoms with Crippen molar-refractivity contribution < 1.29 is 24.1 Å². The predicted molar refractivity (Wildman–Crippen MR) is 101 cm³/mol. The fourth-order valence-electron chi connectivity index (χ4n) is 2.17. The van der Waals surface area contributed by atoms with Crippen LogP contribution >= 0.6 is 34.2 Å². The Balaban J connectivity index is 1.47. The number of halogens is 2. The number of hydrogen-bond donors (Lipinski definition) is 2. The highest BCUT2D eigenvalue weighted by Gasteiger charge is 2.15. The second-order valence-corrected chi connectivity index (χ2v) is 6.89. The zero-order chi connectivity index (χ0) is 17.8. The number of ether oxygens (including phenoxy) is 3. The molecule has 1 amide bonds. The normalized spacial score (nSPS) is 13.4. The molecule has 1 atom stereocenters. The molecule has 1 unspecified atom stereocenters. The summed E-state index contributed by atoms with van der Waals surface area (Å²) in [5.74, 6) is 1.55. The average molecular weight is 476 g/mol. The lowest BCUT2D eigenvalue weighted by Crippen LogP contribution is -2.35. The van der Waals surface area contributed by atoms with Crippen LogP contribution in [0.3, 0.4) is 0 Å². The smallest absolute Gasteiger partial charge is 0.251 e. The van der Waals surface area contributed by atoms with Crippen molar-refractivity contribution in [1.29, 1.82) is 0 Å². The summed E-state index contributed by atoms with van der Waals surface area (Å²) >= 11 is 7.99. The number of aliphatic hydroxyl groups is 1. The fraction of sp³-hybridized carbons (Fsp3) is 0.235. The fourth-order valence-corrected chi connectivity index (χ4v) is 2.80. The van der Waals surface area contributed by atoms with Crippen LogP contribution in [0.25, 0.3) is 0 Å². The summed E-state index contributed by atoms with van der Waals surface area (Å²) < 4.78 is 16.8. The third-order valence-corrected chi connectivity index (χ3v) is 5.01. The minimum atomic E-state index is -0.847. The molecule has 3 rings (SSSR count). The Labute approximate surface area is 163 Å². The van der Waals surface area contributed by atoms with Crippen LogP contribution in [0.1, 0.15) is 10.4 Å². The number of hydrogen-bond acceptors (Lipinski definition) is 5. The summed E-state index contributed by atoms with van der Waals surface area (Å²) in [6.07, 6.45) is -0.847. The Kier molecular flexibility index (Phi) is 5.87. The van der Waals surface area contributed by atoms with E-state index >= 15 is 0 Å². The van der Waals surface area contributed by atoms with Crippen molar-refractivity contribution in [2.75, 3.05) is 19.9 Å². The second kappa shape index (κ2) is 8.11. The molecule has 0 aromatic heterocycles. The second-order valence-electron chi connectivity index (χ2n) is 5.32. The van der Waals surface area contributed by atoms with E-state index in [2.05, 4.69) is 27.9 Å². The molecular weight excluding hydrogens is 461 g/mol. The molecule has 0 fully saturated rings. The average Bonchev–Trinajstić information content (AvgIpc) is 3.08. The maximum atomic E-state index is 12.1. The van der Waals surface area contributed by atoms with Crippen LogP contribution in [0.2, 0.25) is 5.02 Å². The van der Waals surface area contributed by atoms with Crippen LogP contribution in [0, 0.1) is 3.57 Å². The highest BCUT2D eigenvalue weighted by atomic mass is 127. The van der Waals surface area contributed by atoms with Crippen LogP contribution in [-0.4, -0.2) is 37.1 Å². The van der Waals surface area contributed by atoms with Gasteiger partial charge in [-0.2, -0.15) is 0 Å². The van der Waals surface area contributed by atoms with Gasteiger partial charge in [-0.3, -0.25) is 4.79 Å². The van der Waals surface area contributed by atoms with E-state index in [9.17, 15) is 9.90 Å². The zero-order valence-electron chi connectivity index (χ0n) is 13.0. The van der Waals surface area contributed by atoms with Gasteiger partial charge in [0.05, 0.1) is 5.02 Å². The molecule has 0 spiro atoms. The van der Waals surface area contributed by atoms with E-state index in [0.29, 0.717) is 27.8 Å². The maximum absolute atomic E-state index is 12.1. The molecule has 0 saturated heterocycles. The van der Waals surface area contributed by atoms with Gasteiger partial charge in [-0.25, -0.2) is 0 Å². The van der Waals surface area contributed by atoms with Crippen LogP contribution in [-0.2, 0) is 0 Å². The minimum Gasteiger partial charge on any atom is -0.491 e. The third kappa shape index (κ3) is 4.68. The van der Waals surface area contributed by atoms with Crippen LogP contribution in [0.15, 0.2) is 36.4 Å². The molecule has 1 aliphatic heterocycles. The number of carbonyl (C=O) groups excluding carboxylic acids is 1. The molecule has 6 nitrogen and oxygen atoms in total. The maximum Gasteiger partial charge on any atom is 0.251 e. The molecule has 2 N–H and O–H groups in total. The standard InChI is InChI=1S/C17H15ClINO5/c18-13-3-1-10(5-14(13)19)17(22)20-7-11(21)8-23-12-2-4-15-16(6-12)25-9-24-15/h1-6,11,21H,7-9H2,(H,20,22). The molecule has 2 aromatic carbocycles. The van der Waals surface area contributed by atoms with Gasteiger partial charge in [-0.1, -0.05) is 11.6 Å². The molecular formula is C17H15ClINO5. The highest BCUT2D eigenvalue weighted by Crippen LogP contribution is 2.35. The lowest BCUT2D eigenvalue weighted by atomic mass is 10.2. The first-order valence-electron chi connectivity index (χ1n) is 7.46. The number of aliphatic hydroxyl groups excluding tert-OH is 1. The molecule has 0 aliphatic carbocycles. The van der Waals surface area contributed by atoms with E-state index in [4.69, 9.17) is 25.8 Å². The van der Waals surface area contributed by atoms with Gasteiger partial charge in [0.2, 0.25) is 6.79 Å². The highest BCUT2D eigenvalue weighted by molar-refractivity contribution is 14.1. The number of benzene rings is 2. The Morgan fingerprint density at radius 2 is 2.08 bits per heavy atom. The topological polar surface area (TPSA) is 77.0 Å². The Morgan fingerprint density at radius 3 is 2.88 bits per heavy atom. The molecule has 1 aliphatic rings. The van der Waals surface area contributed by atoms with Crippen molar-refractivity contribution in [3.8, 4) is 17.2 Å². The van der Waals surface area contributed by atoms with E-state index < -0.39 is 6.10 Å². The molecule has 132 valence electrons. The van der Waals surface area contributed by atoms with Crippen molar-refractivity contribution in [3.63, 3.8) is 0 Å².